The molecule has 6 fully saturated rings. The molecular formula is C30H41NO8. The molecule has 4 N–H and O–H groups in total. The van der Waals surface area contributed by atoms with Gasteiger partial charge in [0.15, 0.2) is 0 Å². The first-order valence-electron chi connectivity index (χ1n) is 14.5. The van der Waals surface area contributed by atoms with Crippen LogP contribution in [0.3, 0.4) is 0 Å². The molecule has 214 valence electrons. The zero-order valence-corrected chi connectivity index (χ0v) is 22.9. The van der Waals surface area contributed by atoms with Crippen LogP contribution >= 0.6 is 0 Å². The minimum Gasteiger partial charge on any atom is -0.461 e. The topological polar surface area (TPSA) is 129 Å². The van der Waals surface area contributed by atoms with Gasteiger partial charge in [-0.05, 0) is 43.9 Å². The van der Waals surface area contributed by atoms with Gasteiger partial charge in [-0.25, -0.2) is 4.79 Å². The first kappa shape index (κ1) is 26.3. The van der Waals surface area contributed by atoms with Crippen molar-refractivity contribution in [1.82, 2.24) is 4.90 Å². The van der Waals surface area contributed by atoms with Gasteiger partial charge in [-0.2, -0.15) is 0 Å². The highest BCUT2D eigenvalue weighted by atomic mass is 16.5. The molecule has 9 nitrogen and oxygen atoms in total. The number of aliphatic hydroxyl groups excluding tert-OH is 3. The van der Waals surface area contributed by atoms with Crippen LogP contribution in [0.15, 0.2) is 30.3 Å². The standard InChI is InChI=1S/C30H41NO8/c1-4-31-14-27(15-39-25(35)16-8-6-5-7-9-16)11-10-20(32)29-18-12-17-19(37-2)13-28(38-3,21(18)22(17)33)30(36,26(29)31)24(34)23(27)29/h5-9,17-24,26,32-34,36H,4,10-15H2,1-3H3/t17-,18-,19+,20+,21-,22+,23-,24-,26-,27+,28-,29+,30+/m1/s1. The van der Waals surface area contributed by atoms with Gasteiger partial charge in [-0.3, -0.25) is 4.90 Å². The van der Waals surface area contributed by atoms with E-state index in [0.717, 1.165) is 0 Å². The fourth-order valence-electron chi connectivity index (χ4n) is 11.4. The van der Waals surface area contributed by atoms with E-state index in [-0.39, 0.29) is 24.5 Å². The Morgan fingerprint density at radius 3 is 2.56 bits per heavy atom. The molecule has 5 aliphatic carbocycles. The largest absolute Gasteiger partial charge is 0.461 e. The molecule has 1 aromatic carbocycles. The molecule has 1 spiro atoms. The lowest BCUT2D eigenvalue weighted by atomic mass is 9.42. The fourth-order valence-corrected chi connectivity index (χ4v) is 11.4. The fraction of sp³-hybridized carbons (Fsp3) is 0.767. The molecule has 0 amide bonds. The van der Waals surface area contributed by atoms with Gasteiger partial charge in [-0.15, -0.1) is 0 Å². The van der Waals surface area contributed by atoms with Crippen molar-refractivity contribution in [2.75, 3.05) is 33.9 Å². The van der Waals surface area contributed by atoms with Crippen LogP contribution in [0.1, 0.15) is 43.0 Å². The third kappa shape index (κ3) is 2.79. The van der Waals surface area contributed by atoms with Crippen molar-refractivity contribution in [3.8, 4) is 0 Å². The minimum atomic E-state index is -1.76. The molecule has 9 heteroatoms. The van der Waals surface area contributed by atoms with Crippen molar-refractivity contribution < 1.29 is 39.4 Å². The highest BCUT2D eigenvalue weighted by molar-refractivity contribution is 5.89. The van der Waals surface area contributed by atoms with Crippen LogP contribution in [0.4, 0.5) is 0 Å². The second-order valence-corrected chi connectivity index (χ2v) is 13.2. The summed E-state index contributed by atoms with van der Waals surface area (Å²) in [5, 5.41) is 49.1. The maximum atomic E-state index is 13.1. The Morgan fingerprint density at radius 1 is 1.15 bits per heavy atom. The van der Waals surface area contributed by atoms with Crippen LogP contribution in [0.2, 0.25) is 0 Å². The van der Waals surface area contributed by atoms with Crippen LogP contribution < -0.4 is 0 Å². The van der Waals surface area contributed by atoms with E-state index in [2.05, 4.69) is 4.90 Å². The zero-order chi connectivity index (χ0) is 27.5. The number of piperidine rings is 1. The molecular weight excluding hydrogens is 502 g/mol. The van der Waals surface area contributed by atoms with Crippen molar-refractivity contribution in [1.29, 1.82) is 0 Å². The summed E-state index contributed by atoms with van der Waals surface area (Å²) in [6.45, 7) is 3.24. The molecule has 0 radical (unpaired) electrons. The van der Waals surface area contributed by atoms with Crippen LogP contribution in [0.25, 0.3) is 0 Å². The van der Waals surface area contributed by atoms with Gasteiger partial charge < -0.3 is 34.6 Å². The number of hydrogen-bond acceptors (Lipinski definition) is 9. The highest BCUT2D eigenvalue weighted by Crippen LogP contribution is 2.80. The van der Waals surface area contributed by atoms with Crippen LogP contribution in [0.5, 0.6) is 0 Å². The number of likely N-dealkylation sites (N-methyl/N-ethyl adjacent to an activating group) is 1. The maximum absolute atomic E-state index is 13.1. The summed E-state index contributed by atoms with van der Waals surface area (Å²) in [4.78, 5) is 15.3. The first-order valence-corrected chi connectivity index (χ1v) is 14.5. The Balaban J connectivity index is 1.39. The van der Waals surface area contributed by atoms with Crippen LogP contribution in [-0.2, 0) is 14.2 Å². The van der Waals surface area contributed by atoms with E-state index in [1.165, 1.54) is 0 Å². The average molecular weight is 544 g/mol. The molecule has 0 aromatic heterocycles. The molecule has 1 heterocycles. The molecule has 39 heavy (non-hydrogen) atoms. The smallest absolute Gasteiger partial charge is 0.338 e. The van der Waals surface area contributed by atoms with Crippen molar-refractivity contribution in [2.24, 2.45) is 34.5 Å². The number of carbonyl (C=O) groups is 1. The van der Waals surface area contributed by atoms with Crippen LogP contribution in [0, 0.1) is 34.5 Å². The first-order chi connectivity index (χ1) is 18.7. The van der Waals surface area contributed by atoms with Crippen LogP contribution in [-0.4, -0.2) is 107 Å². The predicted molar refractivity (Wildman–Crippen MR) is 139 cm³/mol. The minimum absolute atomic E-state index is 0.0836. The maximum Gasteiger partial charge on any atom is 0.338 e. The molecule has 0 unspecified atom stereocenters. The van der Waals surface area contributed by atoms with Crippen molar-refractivity contribution >= 4 is 5.97 Å². The van der Waals surface area contributed by atoms with E-state index >= 15 is 0 Å². The molecule has 6 aliphatic rings. The molecule has 13 atom stereocenters. The molecule has 5 saturated carbocycles. The number of nitrogens with zero attached hydrogens (tertiary/aromatic N) is 1. The lowest BCUT2D eigenvalue weighted by Crippen LogP contribution is -2.82. The summed E-state index contributed by atoms with van der Waals surface area (Å²) >= 11 is 0. The number of esters is 1. The predicted octanol–water partition coefficient (Wildman–Crippen LogP) is 0.828. The highest BCUT2D eigenvalue weighted by Gasteiger charge is 2.91. The SMILES string of the molecule is CCN1C[C@]2(COC(=O)c3ccccc3)CC[C@H](O)[C@@]34[C@@H]5C[C@H]6[C@H](O)[C@@H]5[C@](OC)(C[C@@H]6OC)[C@](O)([C@H](O)[C@H]23)[C@H]14. The number of aliphatic hydroxyl groups is 4. The third-order valence-electron chi connectivity index (χ3n) is 12.4. The number of benzene rings is 1. The normalized spacial score (nSPS) is 53.1. The van der Waals surface area contributed by atoms with E-state index < -0.39 is 64.2 Å². The number of hydrogen-bond donors (Lipinski definition) is 4. The van der Waals surface area contributed by atoms with Crippen molar-refractivity contribution in [3.63, 3.8) is 0 Å². The Kier molecular flexibility index (Phi) is 5.72. The molecule has 7 bridgehead atoms. The molecule has 1 aromatic rings. The summed E-state index contributed by atoms with van der Waals surface area (Å²) < 4.78 is 18.2. The Morgan fingerprint density at radius 2 is 1.90 bits per heavy atom. The summed E-state index contributed by atoms with van der Waals surface area (Å²) in [7, 11) is 3.19. The van der Waals surface area contributed by atoms with E-state index in [0.29, 0.717) is 44.3 Å². The Bertz CT molecular complexity index is 1150. The average Bonchev–Trinajstić information content (AvgIpc) is 3.29. The Hall–Kier alpha value is -1.59. The monoisotopic (exact) mass is 543 g/mol. The van der Waals surface area contributed by atoms with Gasteiger partial charge in [0, 0.05) is 55.8 Å². The summed E-state index contributed by atoms with van der Waals surface area (Å²) in [5.74, 6) is -1.73. The molecule has 1 saturated heterocycles. The summed E-state index contributed by atoms with van der Waals surface area (Å²) in [5.41, 5.74) is -4.10. The van der Waals surface area contributed by atoms with Crippen molar-refractivity contribution in [3.05, 3.63) is 35.9 Å². The summed E-state index contributed by atoms with van der Waals surface area (Å²) in [6.07, 6.45) is -1.11. The van der Waals surface area contributed by atoms with Gasteiger partial charge in [0.25, 0.3) is 0 Å². The molecule has 1 aliphatic heterocycles. The van der Waals surface area contributed by atoms with E-state index in [9.17, 15) is 25.2 Å². The zero-order valence-electron chi connectivity index (χ0n) is 22.9. The van der Waals surface area contributed by atoms with Gasteiger partial charge in [-0.1, -0.05) is 25.1 Å². The van der Waals surface area contributed by atoms with Gasteiger partial charge in [0.05, 0.1) is 42.6 Å². The number of fused-ring (bicyclic) bond motifs is 2. The lowest BCUT2D eigenvalue weighted by Gasteiger charge is -2.70. The third-order valence-corrected chi connectivity index (χ3v) is 12.4. The van der Waals surface area contributed by atoms with E-state index in [4.69, 9.17) is 14.2 Å². The summed E-state index contributed by atoms with van der Waals surface area (Å²) in [6, 6.07) is 8.31. The second kappa shape index (κ2) is 8.47. The van der Waals surface area contributed by atoms with Gasteiger partial charge in [0.2, 0.25) is 0 Å². The number of methoxy groups -OCH3 is 2. The molecule has 7 rings (SSSR count). The van der Waals surface area contributed by atoms with Crippen molar-refractivity contribution in [2.45, 2.75) is 74.3 Å². The quantitative estimate of drug-likeness (QED) is 0.386. The number of carbonyl (C=O) groups excluding carboxylic acids is 1. The van der Waals surface area contributed by atoms with Gasteiger partial charge >= 0.3 is 5.97 Å². The number of rotatable bonds is 6. The Labute approximate surface area is 229 Å². The van der Waals surface area contributed by atoms with Gasteiger partial charge in [0.1, 0.15) is 11.2 Å². The second-order valence-electron chi connectivity index (χ2n) is 13.2. The lowest BCUT2D eigenvalue weighted by molar-refractivity contribution is -0.323. The van der Waals surface area contributed by atoms with E-state index in [1.54, 1.807) is 38.5 Å². The van der Waals surface area contributed by atoms with E-state index in [1.807, 2.05) is 13.0 Å². The number of likely N-dealkylation sites (tertiary alicyclic amines) is 1. The number of ether oxygens (including phenoxy) is 3.